The zero-order chi connectivity index (χ0) is 20.1. The third-order valence-electron chi connectivity index (χ3n) is 4.97. The minimum Gasteiger partial charge on any atom is -0.493 e. The molecule has 2 aromatic carbocycles. The van der Waals surface area contributed by atoms with E-state index in [2.05, 4.69) is 10.2 Å². The van der Waals surface area contributed by atoms with Crippen molar-refractivity contribution in [2.24, 2.45) is 5.92 Å². The number of benzene rings is 2. The zero-order valence-electron chi connectivity index (χ0n) is 16.3. The van der Waals surface area contributed by atoms with E-state index in [0.717, 1.165) is 36.6 Å². The molecular formula is C21H25ClN2O4. The molecule has 3 rings (SSSR count). The van der Waals surface area contributed by atoms with Gasteiger partial charge in [-0.2, -0.15) is 0 Å². The molecule has 0 atom stereocenters. The maximum absolute atomic E-state index is 12.8. The second-order valence-electron chi connectivity index (χ2n) is 6.64. The van der Waals surface area contributed by atoms with Crippen LogP contribution < -0.4 is 24.4 Å². The van der Waals surface area contributed by atoms with E-state index in [1.807, 2.05) is 24.3 Å². The quantitative estimate of drug-likeness (QED) is 0.781. The average Bonchev–Trinajstić information content (AvgIpc) is 2.73. The van der Waals surface area contributed by atoms with Crippen molar-refractivity contribution in [3.63, 3.8) is 0 Å². The fourth-order valence-electron chi connectivity index (χ4n) is 3.47. The molecule has 6 nitrogen and oxygen atoms in total. The average molecular weight is 405 g/mol. The first kappa shape index (κ1) is 20.1. The Kier molecular flexibility index (Phi) is 6.52. The predicted molar refractivity (Wildman–Crippen MR) is 111 cm³/mol. The summed E-state index contributed by atoms with van der Waals surface area (Å²) in [4.78, 5) is 15.0. The van der Waals surface area contributed by atoms with Gasteiger partial charge in [0.1, 0.15) is 0 Å². The van der Waals surface area contributed by atoms with Gasteiger partial charge >= 0.3 is 0 Å². The van der Waals surface area contributed by atoms with E-state index >= 15 is 0 Å². The number of nitrogens with zero attached hydrogens (tertiary/aromatic N) is 1. The molecule has 1 N–H and O–H groups in total. The van der Waals surface area contributed by atoms with Crippen molar-refractivity contribution in [3.8, 4) is 17.2 Å². The lowest BCUT2D eigenvalue weighted by Gasteiger charge is -2.33. The molecule has 0 unspecified atom stereocenters. The molecule has 0 spiro atoms. The van der Waals surface area contributed by atoms with Crippen LogP contribution in [-0.2, 0) is 4.79 Å². The summed E-state index contributed by atoms with van der Waals surface area (Å²) in [5.41, 5.74) is 1.72. The Bertz CT molecular complexity index is 810. The molecule has 0 saturated carbocycles. The molecule has 1 fully saturated rings. The second kappa shape index (κ2) is 9.06. The molecule has 1 saturated heterocycles. The molecule has 150 valence electrons. The Morgan fingerprint density at radius 3 is 2.21 bits per heavy atom. The molecule has 1 heterocycles. The lowest BCUT2D eigenvalue weighted by molar-refractivity contribution is -0.120. The summed E-state index contributed by atoms with van der Waals surface area (Å²) in [6.07, 6.45) is 1.56. The summed E-state index contributed by atoms with van der Waals surface area (Å²) in [7, 11) is 4.65. The SMILES string of the molecule is COc1cc(NC(=O)C2CCN(c3cccc(Cl)c3)CC2)cc(OC)c1OC. The minimum absolute atomic E-state index is 0.0000158. The smallest absolute Gasteiger partial charge is 0.227 e. The highest BCUT2D eigenvalue weighted by Crippen LogP contribution is 2.40. The van der Waals surface area contributed by atoms with Gasteiger partial charge in [-0.25, -0.2) is 0 Å². The number of ether oxygens (including phenoxy) is 3. The number of methoxy groups -OCH3 is 3. The Labute approximate surface area is 170 Å². The highest BCUT2D eigenvalue weighted by molar-refractivity contribution is 6.30. The molecule has 0 bridgehead atoms. The van der Waals surface area contributed by atoms with Crippen LogP contribution in [0, 0.1) is 5.92 Å². The Morgan fingerprint density at radius 2 is 1.68 bits per heavy atom. The molecule has 2 aromatic rings. The van der Waals surface area contributed by atoms with E-state index in [0.29, 0.717) is 22.9 Å². The molecule has 7 heteroatoms. The summed E-state index contributed by atoms with van der Waals surface area (Å²) in [5.74, 6) is 1.47. The molecule has 0 aliphatic carbocycles. The van der Waals surface area contributed by atoms with E-state index in [4.69, 9.17) is 25.8 Å². The van der Waals surface area contributed by atoms with Gasteiger partial charge in [0, 0.05) is 47.5 Å². The van der Waals surface area contributed by atoms with E-state index < -0.39 is 0 Å². The lowest BCUT2D eigenvalue weighted by Crippen LogP contribution is -2.38. The van der Waals surface area contributed by atoms with Gasteiger partial charge in [-0.1, -0.05) is 17.7 Å². The summed E-state index contributed by atoms with van der Waals surface area (Å²) in [6.45, 7) is 1.63. The number of nitrogens with one attached hydrogen (secondary N) is 1. The van der Waals surface area contributed by atoms with E-state index in [-0.39, 0.29) is 11.8 Å². The van der Waals surface area contributed by atoms with Gasteiger partial charge < -0.3 is 24.4 Å². The van der Waals surface area contributed by atoms with Gasteiger partial charge in [-0.3, -0.25) is 4.79 Å². The van der Waals surface area contributed by atoms with Crippen LogP contribution in [0.25, 0.3) is 0 Å². The fraction of sp³-hybridized carbons (Fsp3) is 0.381. The van der Waals surface area contributed by atoms with E-state index in [9.17, 15) is 4.79 Å². The molecule has 1 amide bonds. The monoisotopic (exact) mass is 404 g/mol. The van der Waals surface area contributed by atoms with Crippen LogP contribution in [0.2, 0.25) is 5.02 Å². The molecule has 0 aromatic heterocycles. The van der Waals surface area contributed by atoms with Gasteiger partial charge in [0.25, 0.3) is 0 Å². The number of halogens is 1. The van der Waals surface area contributed by atoms with Gasteiger partial charge in [0.15, 0.2) is 11.5 Å². The largest absolute Gasteiger partial charge is 0.493 e. The number of hydrogen-bond acceptors (Lipinski definition) is 5. The Hall–Kier alpha value is -2.60. The van der Waals surface area contributed by atoms with Gasteiger partial charge in [0.05, 0.1) is 21.3 Å². The second-order valence-corrected chi connectivity index (χ2v) is 7.08. The number of anilines is 2. The van der Waals surface area contributed by atoms with Crippen molar-refractivity contribution >= 4 is 28.9 Å². The third kappa shape index (κ3) is 4.44. The van der Waals surface area contributed by atoms with Crippen molar-refractivity contribution in [1.82, 2.24) is 0 Å². The van der Waals surface area contributed by atoms with Crippen LogP contribution >= 0.6 is 11.6 Å². The number of carbonyl (C=O) groups is 1. The molecule has 1 aliphatic heterocycles. The summed E-state index contributed by atoms with van der Waals surface area (Å²) < 4.78 is 16.0. The van der Waals surface area contributed by atoms with Gasteiger partial charge in [-0.05, 0) is 31.0 Å². The number of carbonyl (C=O) groups excluding carboxylic acids is 1. The van der Waals surface area contributed by atoms with E-state index in [1.165, 1.54) is 0 Å². The molecule has 0 radical (unpaired) electrons. The van der Waals surface area contributed by atoms with Crippen molar-refractivity contribution in [2.75, 3.05) is 44.6 Å². The summed E-state index contributed by atoms with van der Waals surface area (Å²) in [6, 6.07) is 11.3. The lowest BCUT2D eigenvalue weighted by atomic mass is 9.95. The van der Waals surface area contributed by atoms with Crippen LogP contribution in [0.15, 0.2) is 36.4 Å². The van der Waals surface area contributed by atoms with Crippen molar-refractivity contribution in [3.05, 3.63) is 41.4 Å². The number of amides is 1. The first-order valence-corrected chi connectivity index (χ1v) is 9.55. The predicted octanol–water partition coefficient (Wildman–Crippen LogP) is 4.22. The normalized spacial score (nSPS) is 14.5. The van der Waals surface area contributed by atoms with Crippen LogP contribution in [0.3, 0.4) is 0 Å². The van der Waals surface area contributed by atoms with Gasteiger partial charge in [0.2, 0.25) is 11.7 Å². The van der Waals surface area contributed by atoms with Crippen LogP contribution in [0.4, 0.5) is 11.4 Å². The number of piperidine rings is 1. The van der Waals surface area contributed by atoms with Gasteiger partial charge in [-0.15, -0.1) is 0 Å². The molecule has 28 heavy (non-hydrogen) atoms. The van der Waals surface area contributed by atoms with Crippen LogP contribution in [0.5, 0.6) is 17.2 Å². The zero-order valence-corrected chi connectivity index (χ0v) is 17.1. The van der Waals surface area contributed by atoms with E-state index in [1.54, 1.807) is 33.5 Å². The summed E-state index contributed by atoms with van der Waals surface area (Å²) in [5, 5.41) is 3.70. The van der Waals surface area contributed by atoms with Crippen molar-refractivity contribution in [1.29, 1.82) is 0 Å². The van der Waals surface area contributed by atoms with Crippen molar-refractivity contribution in [2.45, 2.75) is 12.8 Å². The van der Waals surface area contributed by atoms with Crippen molar-refractivity contribution < 1.29 is 19.0 Å². The Balaban J connectivity index is 1.64. The maximum Gasteiger partial charge on any atom is 0.227 e. The first-order valence-electron chi connectivity index (χ1n) is 9.17. The Morgan fingerprint density at radius 1 is 1.04 bits per heavy atom. The number of hydrogen-bond donors (Lipinski definition) is 1. The molecule has 1 aliphatic rings. The standard InChI is InChI=1S/C21H25ClN2O4/c1-26-18-12-16(13-19(27-2)20(18)28-3)23-21(25)14-7-9-24(10-8-14)17-6-4-5-15(22)11-17/h4-6,11-14H,7-10H2,1-3H3,(H,23,25). The topological polar surface area (TPSA) is 60.0 Å². The first-order chi connectivity index (χ1) is 13.5. The summed E-state index contributed by atoms with van der Waals surface area (Å²) >= 11 is 6.08. The van der Waals surface area contributed by atoms with Crippen LogP contribution in [-0.4, -0.2) is 40.3 Å². The number of rotatable bonds is 6. The highest BCUT2D eigenvalue weighted by atomic mass is 35.5. The third-order valence-corrected chi connectivity index (χ3v) is 5.21. The van der Waals surface area contributed by atoms with Crippen LogP contribution in [0.1, 0.15) is 12.8 Å². The molecular weight excluding hydrogens is 380 g/mol. The maximum atomic E-state index is 12.8. The fourth-order valence-corrected chi connectivity index (χ4v) is 3.65. The minimum atomic E-state index is -0.0467. The highest BCUT2D eigenvalue weighted by Gasteiger charge is 2.26.